The zero-order valence-electron chi connectivity index (χ0n) is 10.1. The molecular weight excluding hydrogens is 248 g/mol. The van der Waals surface area contributed by atoms with Gasteiger partial charge in [-0.2, -0.15) is 0 Å². The van der Waals surface area contributed by atoms with Crippen molar-refractivity contribution in [1.29, 1.82) is 0 Å². The van der Waals surface area contributed by atoms with Gasteiger partial charge in [0, 0.05) is 12.1 Å². The minimum Gasteiger partial charge on any atom is -0.482 e. The van der Waals surface area contributed by atoms with E-state index in [1.54, 1.807) is 24.3 Å². The molecule has 0 saturated heterocycles. The summed E-state index contributed by atoms with van der Waals surface area (Å²) >= 11 is 0. The highest BCUT2D eigenvalue weighted by molar-refractivity contribution is 5.94. The Bertz CT molecular complexity index is 490. The molecule has 100 valence electrons. The summed E-state index contributed by atoms with van der Waals surface area (Å²) in [5.41, 5.74) is 6.07. The molecule has 0 spiro atoms. The zero-order valence-corrected chi connectivity index (χ0v) is 10.1. The third-order valence-corrected chi connectivity index (χ3v) is 2.16. The molecule has 6 nitrogen and oxygen atoms in total. The third-order valence-electron chi connectivity index (χ3n) is 2.16. The predicted octanol–water partition coefficient (Wildman–Crippen LogP) is 0.439. The highest BCUT2D eigenvalue weighted by Gasteiger charge is 2.11. The molecule has 1 rings (SSSR count). The molecule has 0 aliphatic rings. The fourth-order valence-electron chi connectivity index (χ4n) is 1.23. The molecule has 1 unspecified atom stereocenters. The molecule has 0 aliphatic heterocycles. The number of carbonyl (C=O) groups is 2. The number of ether oxygens (including phenoxy) is 1. The van der Waals surface area contributed by atoms with Gasteiger partial charge in [-0.25, -0.2) is 4.79 Å². The first-order valence-electron chi connectivity index (χ1n) is 5.47. The lowest BCUT2D eigenvalue weighted by molar-refractivity contribution is -0.139. The summed E-state index contributed by atoms with van der Waals surface area (Å²) in [6.45, 7) is -0.418. The lowest BCUT2D eigenvalue weighted by Crippen LogP contribution is -2.35. The van der Waals surface area contributed by atoms with Crippen LogP contribution < -0.4 is 15.8 Å². The monoisotopic (exact) mass is 262 g/mol. The van der Waals surface area contributed by atoms with E-state index in [4.69, 9.17) is 22.0 Å². The van der Waals surface area contributed by atoms with Crippen LogP contribution in [-0.4, -0.2) is 29.6 Å². The van der Waals surface area contributed by atoms with Crippen LogP contribution in [0.25, 0.3) is 0 Å². The van der Waals surface area contributed by atoms with E-state index in [1.165, 1.54) is 0 Å². The normalized spacial score (nSPS) is 11.2. The average Bonchev–Trinajstić information content (AvgIpc) is 2.38. The molecule has 1 aromatic carbocycles. The van der Waals surface area contributed by atoms with Crippen molar-refractivity contribution in [2.75, 3.05) is 11.9 Å². The molecule has 0 aliphatic carbocycles. The molecule has 19 heavy (non-hydrogen) atoms. The van der Waals surface area contributed by atoms with Crippen LogP contribution in [0.2, 0.25) is 0 Å². The Balaban J connectivity index is 2.55. The van der Waals surface area contributed by atoms with Crippen molar-refractivity contribution in [2.45, 2.75) is 12.5 Å². The number of carboxylic acid groups (broad SMARTS) is 1. The van der Waals surface area contributed by atoms with E-state index in [0.29, 0.717) is 11.4 Å². The fraction of sp³-hybridized carbons (Fsp3) is 0.231. The van der Waals surface area contributed by atoms with Gasteiger partial charge in [-0.3, -0.25) is 4.79 Å². The molecule has 4 N–H and O–H groups in total. The fourth-order valence-corrected chi connectivity index (χ4v) is 1.23. The van der Waals surface area contributed by atoms with Crippen molar-refractivity contribution in [3.63, 3.8) is 0 Å². The van der Waals surface area contributed by atoms with Crippen LogP contribution in [-0.2, 0) is 9.59 Å². The first-order chi connectivity index (χ1) is 9.02. The Morgan fingerprint density at radius 2 is 2.05 bits per heavy atom. The Morgan fingerprint density at radius 1 is 1.42 bits per heavy atom. The van der Waals surface area contributed by atoms with Gasteiger partial charge in [-0.1, -0.05) is 0 Å². The van der Waals surface area contributed by atoms with Gasteiger partial charge in [0.2, 0.25) is 5.91 Å². The number of aliphatic carboxylic acids is 1. The number of benzene rings is 1. The number of terminal acetylenes is 1. The van der Waals surface area contributed by atoms with Gasteiger partial charge in [0.15, 0.2) is 6.61 Å². The Labute approximate surface area is 110 Å². The second kappa shape index (κ2) is 7.03. The largest absolute Gasteiger partial charge is 0.482 e. The zero-order chi connectivity index (χ0) is 14.3. The number of nitrogens with one attached hydrogen (secondary N) is 1. The highest BCUT2D eigenvalue weighted by atomic mass is 16.5. The number of hydrogen-bond acceptors (Lipinski definition) is 4. The summed E-state index contributed by atoms with van der Waals surface area (Å²) in [6.07, 6.45) is 5.22. The number of rotatable bonds is 6. The SMILES string of the molecule is C#CCC(N)C(=O)Nc1ccc(OCC(=O)O)cc1. The minimum atomic E-state index is -1.06. The molecule has 6 heteroatoms. The smallest absolute Gasteiger partial charge is 0.341 e. The average molecular weight is 262 g/mol. The Kier molecular flexibility index (Phi) is 5.38. The van der Waals surface area contributed by atoms with Gasteiger partial charge in [-0.15, -0.1) is 12.3 Å². The van der Waals surface area contributed by atoms with Gasteiger partial charge >= 0.3 is 5.97 Å². The van der Waals surface area contributed by atoms with E-state index in [0.717, 1.165) is 0 Å². The molecule has 1 amide bonds. The molecule has 0 heterocycles. The highest BCUT2D eigenvalue weighted by Crippen LogP contribution is 2.15. The summed E-state index contributed by atoms with van der Waals surface area (Å²) in [5.74, 6) is 1.27. The van der Waals surface area contributed by atoms with Crippen LogP contribution >= 0.6 is 0 Å². The molecular formula is C13H14N2O4. The summed E-state index contributed by atoms with van der Waals surface area (Å²) < 4.78 is 4.95. The maximum atomic E-state index is 11.6. The van der Waals surface area contributed by atoms with Crippen LogP contribution in [0.15, 0.2) is 24.3 Å². The molecule has 0 fully saturated rings. The van der Waals surface area contributed by atoms with Crippen LogP contribution in [0.3, 0.4) is 0 Å². The predicted molar refractivity (Wildman–Crippen MR) is 69.6 cm³/mol. The number of nitrogens with two attached hydrogens (primary N) is 1. The standard InChI is InChI=1S/C13H14N2O4/c1-2-3-11(14)13(18)15-9-4-6-10(7-5-9)19-8-12(16)17/h1,4-7,11H,3,8,14H2,(H,15,18)(H,16,17). The Morgan fingerprint density at radius 3 is 2.58 bits per heavy atom. The summed E-state index contributed by atoms with van der Waals surface area (Å²) in [7, 11) is 0. The van der Waals surface area contributed by atoms with Gasteiger partial charge in [-0.05, 0) is 24.3 Å². The molecule has 0 bridgehead atoms. The number of amides is 1. The van der Waals surface area contributed by atoms with Gasteiger partial charge in [0.05, 0.1) is 6.04 Å². The van der Waals surface area contributed by atoms with Crippen molar-refractivity contribution in [3.05, 3.63) is 24.3 Å². The van der Waals surface area contributed by atoms with Gasteiger partial charge in [0.25, 0.3) is 0 Å². The number of carbonyl (C=O) groups excluding carboxylic acids is 1. The van der Waals surface area contributed by atoms with Crippen LogP contribution in [0.5, 0.6) is 5.75 Å². The van der Waals surface area contributed by atoms with E-state index in [1.807, 2.05) is 0 Å². The first kappa shape index (κ1) is 14.5. The topological polar surface area (TPSA) is 102 Å². The van der Waals surface area contributed by atoms with Crippen molar-refractivity contribution in [2.24, 2.45) is 5.73 Å². The van der Waals surface area contributed by atoms with E-state index in [-0.39, 0.29) is 12.3 Å². The second-order valence-corrected chi connectivity index (χ2v) is 3.71. The van der Waals surface area contributed by atoms with Crippen LogP contribution in [0.1, 0.15) is 6.42 Å². The molecule has 1 aromatic rings. The molecule has 0 aromatic heterocycles. The lowest BCUT2D eigenvalue weighted by Gasteiger charge is -2.10. The number of anilines is 1. The number of carboxylic acids is 1. The van der Waals surface area contributed by atoms with Crippen molar-refractivity contribution < 1.29 is 19.4 Å². The lowest BCUT2D eigenvalue weighted by atomic mass is 10.2. The first-order valence-corrected chi connectivity index (χ1v) is 5.47. The van der Waals surface area contributed by atoms with Crippen molar-refractivity contribution in [3.8, 4) is 18.1 Å². The Hall–Kier alpha value is -2.52. The second-order valence-electron chi connectivity index (χ2n) is 3.71. The molecule has 1 atom stereocenters. The van der Waals surface area contributed by atoms with E-state index < -0.39 is 18.6 Å². The van der Waals surface area contributed by atoms with Gasteiger partial charge < -0.3 is 20.9 Å². The minimum absolute atomic E-state index is 0.158. The quantitative estimate of drug-likeness (QED) is 0.646. The molecule has 0 radical (unpaired) electrons. The summed E-state index contributed by atoms with van der Waals surface area (Å²) in [4.78, 5) is 21.9. The van der Waals surface area contributed by atoms with Crippen LogP contribution in [0.4, 0.5) is 5.69 Å². The van der Waals surface area contributed by atoms with E-state index in [9.17, 15) is 9.59 Å². The third kappa shape index (κ3) is 5.10. The number of hydrogen-bond donors (Lipinski definition) is 3. The van der Waals surface area contributed by atoms with Gasteiger partial charge in [0.1, 0.15) is 5.75 Å². The maximum absolute atomic E-state index is 11.6. The summed E-state index contributed by atoms with van der Waals surface area (Å²) in [6, 6.07) is 5.50. The summed E-state index contributed by atoms with van der Waals surface area (Å²) in [5, 5.41) is 11.0. The van der Waals surface area contributed by atoms with Crippen LogP contribution in [0, 0.1) is 12.3 Å². The maximum Gasteiger partial charge on any atom is 0.341 e. The van der Waals surface area contributed by atoms with Crippen molar-refractivity contribution in [1.82, 2.24) is 0 Å². The van der Waals surface area contributed by atoms with E-state index in [2.05, 4.69) is 11.2 Å². The van der Waals surface area contributed by atoms with E-state index >= 15 is 0 Å². The molecule has 0 saturated carbocycles. The van der Waals surface area contributed by atoms with Crippen molar-refractivity contribution >= 4 is 17.6 Å².